The number of amides is 1. The summed E-state index contributed by atoms with van der Waals surface area (Å²) >= 11 is 2.56. The molecule has 0 radical (unpaired) electrons. The number of rotatable bonds is 6. The average Bonchev–Trinajstić information content (AvgIpc) is 3.21. The smallest absolute Gasteiger partial charge is 0.237 e. The number of hydrogen-bond donors (Lipinski definition) is 2. The Hall–Kier alpha value is -1.74. The lowest BCUT2D eigenvalue weighted by atomic mass is 10.3. The maximum absolute atomic E-state index is 13.5. The lowest BCUT2D eigenvalue weighted by Crippen LogP contribution is -2.23. The van der Waals surface area contributed by atoms with E-state index in [0.717, 1.165) is 30.1 Å². The maximum atomic E-state index is 13.5. The van der Waals surface area contributed by atoms with Crippen molar-refractivity contribution in [3.8, 4) is 0 Å². The fraction of sp³-hybridized carbons (Fsp3) is 0.357. The molecule has 2 N–H and O–H groups in total. The molecule has 1 aromatic heterocycles. The summed E-state index contributed by atoms with van der Waals surface area (Å²) in [5, 5.41) is 13.7. The monoisotopic (exact) mass is 356 g/mol. The van der Waals surface area contributed by atoms with Crippen molar-refractivity contribution >= 4 is 39.8 Å². The number of carbonyl (C=O) groups is 1. The summed E-state index contributed by atoms with van der Waals surface area (Å²) in [7, 11) is 0. The van der Waals surface area contributed by atoms with Gasteiger partial charge < -0.3 is 10.6 Å². The van der Waals surface area contributed by atoms with E-state index in [1.807, 2.05) is 0 Å². The summed E-state index contributed by atoms with van der Waals surface area (Å²) in [6.45, 7) is 1.65. The van der Waals surface area contributed by atoms with Crippen LogP contribution in [-0.4, -0.2) is 27.4 Å². The van der Waals surface area contributed by atoms with Crippen LogP contribution in [0.4, 0.5) is 19.6 Å². The van der Waals surface area contributed by atoms with Gasteiger partial charge in [0.2, 0.25) is 11.0 Å². The summed E-state index contributed by atoms with van der Waals surface area (Å²) in [6.07, 6.45) is 2.27. The van der Waals surface area contributed by atoms with Crippen molar-refractivity contribution in [1.29, 1.82) is 0 Å². The standard InChI is InChI=1S/C14H14F2N4OS2/c1-7(12(21)18-11-9(15)3-2-4-10(11)16)22-14-20-19-13(23-14)17-8-5-6-8/h2-4,7-8H,5-6H2,1H3,(H,17,19)(H,18,21)/t7-/m1/s1. The molecule has 1 saturated carbocycles. The van der Waals surface area contributed by atoms with Gasteiger partial charge in [0.05, 0.1) is 5.25 Å². The van der Waals surface area contributed by atoms with Crippen LogP contribution in [0.3, 0.4) is 0 Å². The molecule has 3 rings (SSSR count). The van der Waals surface area contributed by atoms with Gasteiger partial charge in [0, 0.05) is 6.04 Å². The largest absolute Gasteiger partial charge is 0.357 e. The van der Waals surface area contributed by atoms with Crippen molar-refractivity contribution in [1.82, 2.24) is 10.2 Å². The number of benzene rings is 1. The van der Waals surface area contributed by atoms with Crippen LogP contribution >= 0.6 is 23.1 Å². The minimum atomic E-state index is -0.803. The van der Waals surface area contributed by atoms with Crippen molar-refractivity contribution in [3.63, 3.8) is 0 Å². The number of aromatic nitrogens is 2. The van der Waals surface area contributed by atoms with Crippen molar-refractivity contribution in [3.05, 3.63) is 29.8 Å². The topological polar surface area (TPSA) is 66.9 Å². The number of anilines is 2. The van der Waals surface area contributed by atoms with Gasteiger partial charge in [-0.15, -0.1) is 10.2 Å². The van der Waals surface area contributed by atoms with E-state index >= 15 is 0 Å². The maximum Gasteiger partial charge on any atom is 0.237 e. The molecular formula is C14H14F2N4OS2. The first-order valence-electron chi connectivity index (χ1n) is 7.04. The number of nitrogens with one attached hydrogen (secondary N) is 2. The molecule has 122 valence electrons. The van der Waals surface area contributed by atoms with E-state index in [9.17, 15) is 13.6 Å². The fourth-order valence-corrected chi connectivity index (χ4v) is 3.74. The summed E-state index contributed by atoms with van der Waals surface area (Å²) in [5.74, 6) is -2.10. The molecule has 0 saturated heterocycles. The highest BCUT2D eigenvalue weighted by atomic mass is 32.2. The van der Waals surface area contributed by atoms with Crippen LogP contribution in [0.1, 0.15) is 19.8 Å². The summed E-state index contributed by atoms with van der Waals surface area (Å²) in [5.41, 5.74) is -0.432. The third-order valence-corrected chi connectivity index (χ3v) is 5.21. The summed E-state index contributed by atoms with van der Waals surface area (Å²) in [4.78, 5) is 12.1. The Labute approximate surface area is 139 Å². The van der Waals surface area contributed by atoms with Crippen LogP contribution in [0.15, 0.2) is 22.5 Å². The molecule has 1 heterocycles. The molecule has 0 bridgehead atoms. The van der Waals surface area contributed by atoms with E-state index in [4.69, 9.17) is 0 Å². The van der Waals surface area contributed by atoms with Crippen LogP contribution < -0.4 is 10.6 Å². The summed E-state index contributed by atoms with van der Waals surface area (Å²) in [6, 6.07) is 3.91. The molecule has 9 heteroatoms. The number of hydrogen-bond acceptors (Lipinski definition) is 6. The normalized spacial score (nSPS) is 15.3. The molecule has 1 fully saturated rings. The van der Waals surface area contributed by atoms with Gasteiger partial charge in [-0.05, 0) is 31.9 Å². The van der Waals surface area contributed by atoms with Gasteiger partial charge in [-0.25, -0.2) is 8.78 Å². The Morgan fingerprint density at radius 2 is 2.04 bits per heavy atom. The van der Waals surface area contributed by atoms with Gasteiger partial charge in [-0.2, -0.15) is 0 Å². The van der Waals surface area contributed by atoms with Crippen molar-refractivity contribution in [2.24, 2.45) is 0 Å². The van der Waals surface area contributed by atoms with Gasteiger partial charge >= 0.3 is 0 Å². The van der Waals surface area contributed by atoms with E-state index in [1.54, 1.807) is 6.92 Å². The Kier molecular flexibility index (Phi) is 4.76. The Morgan fingerprint density at radius 3 is 2.70 bits per heavy atom. The highest BCUT2D eigenvalue weighted by molar-refractivity contribution is 8.02. The molecule has 2 aromatic rings. The number of thioether (sulfide) groups is 1. The summed E-state index contributed by atoms with van der Waals surface area (Å²) < 4.78 is 27.7. The van der Waals surface area contributed by atoms with E-state index in [-0.39, 0.29) is 0 Å². The van der Waals surface area contributed by atoms with E-state index < -0.39 is 28.5 Å². The molecular weight excluding hydrogens is 342 g/mol. The first-order valence-corrected chi connectivity index (χ1v) is 8.74. The average molecular weight is 356 g/mol. The second kappa shape index (κ2) is 6.79. The van der Waals surface area contributed by atoms with Crippen LogP contribution in [0.25, 0.3) is 0 Å². The number of nitrogens with zero attached hydrogens (tertiary/aromatic N) is 2. The number of carbonyl (C=O) groups excluding carboxylic acids is 1. The second-order valence-corrected chi connectivity index (χ2v) is 7.70. The van der Waals surface area contributed by atoms with E-state index in [1.165, 1.54) is 29.2 Å². The van der Waals surface area contributed by atoms with Gasteiger partial charge in [0.1, 0.15) is 17.3 Å². The van der Waals surface area contributed by atoms with E-state index in [0.29, 0.717) is 10.4 Å². The predicted octanol–water partition coefficient (Wildman–Crippen LogP) is 3.51. The molecule has 1 aliphatic carbocycles. The third-order valence-electron chi connectivity index (χ3n) is 3.17. The fourth-order valence-electron chi connectivity index (χ4n) is 1.76. The van der Waals surface area contributed by atoms with Crippen molar-refractivity contribution in [2.45, 2.75) is 35.4 Å². The van der Waals surface area contributed by atoms with Crippen molar-refractivity contribution < 1.29 is 13.6 Å². The highest BCUT2D eigenvalue weighted by Crippen LogP contribution is 2.32. The zero-order chi connectivity index (χ0) is 16.4. The SMILES string of the molecule is C[C@@H](Sc1nnc(NC2CC2)s1)C(=O)Nc1c(F)cccc1F. The number of halogens is 2. The third kappa shape index (κ3) is 4.17. The zero-order valence-corrected chi connectivity index (χ0v) is 13.8. The Morgan fingerprint density at radius 1 is 1.35 bits per heavy atom. The predicted molar refractivity (Wildman–Crippen MR) is 86.9 cm³/mol. The van der Waals surface area contributed by atoms with Gasteiger partial charge in [-0.3, -0.25) is 4.79 Å². The van der Waals surface area contributed by atoms with Gasteiger partial charge in [0.25, 0.3) is 0 Å². The second-order valence-electron chi connectivity index (χ2n) is 5.14. The first kappa shape index (κ1) is 16.1. The molecule has 1 aromatic carbocycles. The molecule has 0 aliphatic heterocycles. The Balaban J connectivity index is 1.59. The molecule has 5 nitrogen and oxygen atoms in total. The molecule has 1 atom stereocenters. The minimum Gasteiger partial charge on any atom is -0.357 e. The van der Waals surface area contributed by atoms with Crippen LogP contribution in [0.2, 0.25) is 0 Å². The lowest BCUT2D eigenvalue weighted by molar-refractivity contribution is -0.115. The quantitative estimate of drug-likeness (QED) is 0.776. The molecule has 1 aliphatic rings. The van der Waals surface area contributed by atoms with Crippen LogP contribution in [0.5, 0.6) is 0 Å². The van der Waals surface area contributed by atoms with Crippen LogP contribution in [-0.2, 0) is 4.79 Å². The highest BCUT2D eigenvalue weighted by Gasteiger charge is 2.24. The lowest BCUT2D eigenvalue weighted by Gasteiger charge is -2.11. The zero-order valence-electron chi connectivity index (χ0n) is 12.2. The van der Waals surface area contributed by atoms with E-state index in [2.05, 4.69) is 20.8 Å². The first-order chi connectivity index (χ1) is 11.0. The molecule has 1 amide bonds. The van der Waals surface area contributed by atoms with Gasteiger partial charge in [0.15, 0.2) is 4.34 Å². The molecule has 23 heavy (non-hydrogen) atoms. The Bertz CT molecular complexity index is 700. The minimum absolute atomic E-state index is 0.432. The molecule has 0 spiro atoms. The van der Waals surface area contributed by atoms with Crippen LogP contribution in [0, 0.1) is 11.6 Å². The molecule has 0 unspecified atom stereocenters. The van der Waals surface area contributed by atoms with Gasteiger partial charge in [-0.1, -0.05) is 29.2 Å². The number of para-hydroxylation sites is 1. The van der Waals surface area contributed by atoms with Crippen molar-refractivity contribution in [2.75, 3.05) is 10.6 Å².